The molecule has 3 rings (SSSR count). The van der Waals surface area contributed by atoms with Crippen LogP contribution in [0.4, 0.5) is 14.5 Å². The van der Waals surface area contributed by atoms with Crippen LogP contribution in [0.2, 0.25) is 0 Å². The summed E-state index contributed by atoms with van der Waals surface area (Å²) in [6, 6.07) is 4.71. The fourth-order valence-electron chi connectivity index (χ4n) is 2.95. The van der Waals surface area contributed by atoms with Crippen molar-refractivity contribution in [2.45, 2.75) is 38.5 Å². The zero-order valence-corrected chi connectivity index (χ0v) is 12.3. The lowest BCUT2D eigenvalue weighted by Gasteiger charge is -2.29. The molecule has 2 aliphatic heterocycles. The predicted octanol–water partition coefficient (Wildman–Crippen LogP) is 1.40. The number of ether oxygens (including phenoxy) is 2. The average Bonchev–Trinajstić information content (AvgIpc) is 2.74. The van der Waals surface area contributed by atoms with Gasteiger partial charge in [-0.05, 0) is 38.3 Å². The van der Waals surface area contributed by atoms with Crippen molar-refractivity contribution in [3.8, 4) is 11.5 Å². The van der Waals surface area contributed by atoms with E-state index >= 15 is 0 Å². The lowest BCUT2D eigenvalue weighted by Crippen LogP contribution is -3.17. The monoisotopic (exact) mass is 313 g/mol. The number of carbonyl (C=O) groups is 1. The summed E-state index contributed by atoms with van der Waals surface area (Å²) in [6.07, 6.45) is -0.172. The minimum atomic E-state index is -3.64. The molecular weight excluding hydrogens is 294 g/mol. The van der Waals surface area contributed by atoms with E-state index in [-0.39, 0.29) is 17.4 Å². The van der Waals surface area contributed by atoms with Gasteiger partial charge in [0.05, 0.1) is 12.6 Å². The number of alkyl halides is 2. The molecule has 0 saturated carbocycles. The van der Waals surface area contributed by atoms with Crippen molar-refractivity contribution in [2.75, 3.05) is 18.4 Å². The summed E-state index contributed by atoms with van der Waals surface area (Å²) >= 11 is 0. The second-order valence-electron chi connectivity index (χ2n) is 5.86. The third kappa shape index (κ3) is 3.30. The Morgan fingerprint density at radius 2 is 2.14 bits per heavy atom. The number of piperidine rings is 1. The van der Waals surface area contributed by atoms with Crippen LogP contribution in [0.1, 0.15) is 26.2 Å². The highest BCUT2D eigenvalue weighted by Gasteiger charge is 2.43. The Morgan fingerprint density at radius 3 is 2.91 bits per heavy atom. The third-order valence-corrected chi connectivity index (χ3v) is 4.15. The van der Waals surface area contributed by atoms with Crippen molar-refractivity contribution >= 4 is 11.6 Å². The molecule has 1 aromatic carbocycles. The Hall–Kier alpha value is -1.89. The lowest BCUT2D eigenvalue weighted by atomic mass is 10.0. The number of quaternary nitrogens is 1. The van der Waals surface area contributed by atoms with Gasteiger partial charge >= 0.3 is 6.29 Å². The Bertz CT molecular complexity index is 580. The number of likely N-dealkylation sites (tertiary alicyclic amines) is 1. The maximum atomic E-state index is 12.9. The van der Waals surface area contributed by atoms with Gasteiger partial charge in [0.1, 0.15) is 0 Å². The third-order valence-electron chi connectivity index (χ3n) is 4.15. The largest absolute Gasteiger partial charge is 0.586 e. The van der Waals surface area contributed by atoms with Crippen LogP contribution in [-0.2, 0) is 4.79 Å². The Kier molecular flexibility index (Phi) is 3.90. The number of amides is 1. The van der Waals surface area contributed by atoms with E-state index in [0.717, 1.165) is 19.4 Å². The summed E-state index contributed by atoms with van der Waals surface area (Å²) in [6.45, 7) is 3.51. The van der Waals surface area contributed by atoms with E-state index in [9.17, 15) is 13.6 Å². The maximum Gasteiger partial charge on any atom is 0.586 e. The summed E-state index contributed by atoms with van der Waals surface area (Å²) in [4.78, 5) is 13.4. The Morgan fingerprint density at radius 1 is 1.36 bits per heavy atom. The standard InChI is InChI=1S/C15H18F2N2O3/c1-10-4-2-3-7-19(10)9-14(20)18-11-5-6-12-13(8-11)22-15(16,17)21-12/h5-6,8,10H,2-4,7,9H2,1H3,(H,18,20)/p+1/t10-/m0/s1. The number of fused-ring (bicyclic) bond motifs is 1. The van der Waals surface area contributed by atoms with Crippen molar-refractivity contribution in [1.82, 2.24) is 0 Å². The van der Waals surface area contributed by atoms with Gasteiger partial charge < -0.3 is 19.7 Å². The number of halogens is 2. The van der Waals surface area contributed by atoms with E-state index in [1.54, 1.807) is 0 Å². The number of hydrogen-bond donors (Lipinski definition) is 2. The van der Waals surface area contributed by atoms with Gasteiger partial charge in [0.15, 0.2) is 18.0 Å². The molecule has 1 aromatic rings. The second-order valence-corrected chi connectivity index (χ2v) is 5.86. The minimum Gasteiger partial charge on any atom is -0.395 e. The van der Waals surface area contributed by atoms with Crippen molar-refractivity contribution in [2.24, 2.45) is 0 Å². The molecule has 2 aliphatic rings. The molecule has 1 amide bonds. The molecule has 2 heterocycles. The number of nitrogens with one attached hydrogen (secondary N) is 2. The summed E-state index contributed by atoms with van der Waals surface area (Å²) < 4.78 is 34.6. The zero-order chi connectivity index (χ0) is 15.7. The molecule has 1 unspecified atom stereocenters. The molecule has 120 valence electrons. The van der Waals surface area contributed by atoms with Crippen LogP contribution < -0.4 is 19.7 Å². The van der Waals surface area contributed by atoms with Gasteiger partial charge in [0.2, 0.25) is 0 Å². The normalized spacial score (nSPS) is 25.8. The highest BCUT2D eigenvalue weighted by molar-refractivity contribution is 5.91. The summed E-state index contributed by atoms with van der Waals surface area (Å²) in [5.74, 6) is -0.228. The Balaban J connectivity index is 1.61. The van der Waals surface area contributed by atoms with Crippen molar-refractivity contribution in [3.05, 3.63) is 18.2 Å². The molecule has 5 nitrogen and oxygen atoms in total. The molecule has 0 spiro atoms. The summed E-state index contributed by atoms with van der Waals surface area (Å²) in [5, 5.41) is 2.73. The first-order chi connectivity index (χ1) is 10.4. The SMILES string of the molecule is C[C@H]1CCCC[NH+]1CC(=O)Nc1ccc2c(c1)OC(F)(F)O2. The van der Waals surface area contributed by atoms with Crippen LogP contribution in [0, 0.1) is 0 Å². The lowest BCUT2D eigenvalue weighted by molar-refractivity contribution is -0.920. The fraction of sp³-hybridized carbons (Fsp3) is 0.533. The predicted molar refractivity (Wildman–Crippen MR) is 75.3 cm³/mol. The zero-order valence-electron chi connectivity index (χ0n) is 12.3. The fourth-order valence-corrected chi connectivity index (χ4v) is 2.95. The molecule has 1 fully saturated rings. The molecule has 0 bridgehead atoms. The molecule has 0 radical (unpaired) electrons. The maximum absolute atomic E-state index is 12.9. The van der Waals surface area contributed by atoms with Crippen molar-refractivity contribution in [1.29, 1.82) is 0 Å². The summed E-state index contributed by atoms with van der Waals surface area (Å²) in [5.41, 5.74) is 0.425. The smallest absolute Gasteiger partial charge is 0.395 e. The van der Waals surface area contributed by atoms with Crippen LogP contribution >= 0.6 is 0 Å². The first-order valence-electron chi connectivity index (χ1n) is 7.47. The van der Waals surface area contributed by atoms with E-state index < -0.39 is 6.29 Å². The topological polar surface area (TPSA) is 52.0 Å². The van der Waals surface area contributed by atoms with Crippen LogP contribution in [0.3, 0.4) is 0 Å². The number of rotatable bonds is 3. The molecule has 2 N–H and O–H groups in total. The van der Waals surface area contributed by atoms with Gasteiger partial charge in [-0.15, -0.1) is 8.78 Å². The van der Waals surface area contributed by atoms with E-state index in [1.165, 1.54) is 29.5 Å². The number of carbonyl (C=O) groups excluding carboxylic acids is 1. The molecule has 7 heteroatoms. The van der Waals surface area contributed by atoms with Crippen LogP contribution in [0.5, 0.6) is 11.5 Å². The second kappa shape index (κ2) is 5.72. The van der Waals surface area contributed by atoms with Crippen LogP contribution in [0.25, 0.3) is 0 Å². The number of hydrogen-bond acceptors (Lipinski definition) is 3. The van der Waals surface area contributed by atoms with E-state index in [0.29, 0.717) is 18.3 Å². The van der Waals surface area contributed by atoms with Crippen LogP contribution in [0.15, 0.2) is 18.2 Å². The first kappa shape index (κ1) is 15.0. The minimum absolute atomic E-state index is 0.0294. The van der Waals surface area contributed by atoms with E-state index in [4.69, 9.17) is 0 Å². The number of anilines is 1. The highest BCUT2D eigenvalue weighted by atomic mass is 19.3. The van der Waals surface area contributed by atoms with Crippen LogP contribution in [-0.4, -0.2) is 31.3 Å². The van der Waals surface area contributed by atoms with Crippen molar-refractivity contribution < 1.29 is 27.9 Å². The van der Waals surface area contributed by atoms with E-state index in [1.807, 2.05) is 0 Å². The average molecular weight is 313 g/mol. The quantitative estimate of drug-likeness (QED) is 0.887. The van der Waals surface area contributed by atoms with Gasteiger partial charge in [0.25, 0.3) is 5.91 Å². The summed E-state index contributed by atoms with van der Waals surface area (Å²) in [7, 11) is 0. The highest BCUT2D eigenvalue weighted by Crippen LogP contribution is 2.42. The number of benzene rings is 1. The first-order valence-corrected chi connectivity index (χ1v) is 7.47. The van der Waals surface area contributed by atoms with Gasteiger partial charge in [-0.25, -0.2) is 0 Å². The molecule has 1 saturated heterocycles. The van der Waals surface area contributed by atoms with Gasteiger partial charge in [-0.1, -0.05) is 0 Å². The molecule has 22 heavy (non-hydrogen) atoms. The van der Waals surface area contributed by atoms with Gasteiger partial charge in [-0.2, -0.15) is 0 Å². The van der Waals surface area contributed by atoms with Crippen molar-refractivity contribution in [3.63, 3.8) is 0 Å². The molecule has 0 aromatic heterocycles. The van der Waals surface area contributed by atoms with Gasteiger partial charge in [-0.3, -0.25) is 4.79 Å². The molecular formula is C15H19F2N2O3+. The van der Waals surface area contributed by atoms with Gasteiger partial charge in [0, 0.05) is 11.8 Å². The molecule has 0 aliphatic carbocycles. The molecule has 2 atom stereocenters. The Labute approximate surface area is 127 Å². The van der Waals surface area contributed by atoms with E-state index in [2.05, 4.69) is 21.7 Å².